The van der Waals surface area contributed by atoms with Gasteiger partial charge in [0.1, 0.15) is 11.3 Å². The predicted molar refractivity (Wildman–Crippen MR) is 92.0 cm³/mol. The summed E-state index contributed by atoms with van der Waals surface area (Å²) in [7, 11) is 0. The number of ether oxygens (including phenoxy) is 1. The van der Waals surface area contributed by atoms with E-state index in [4.69, 9.17) is 14.9 Å². The summed E-state index contributed by atoms with van der Waals surface area (Å²) in [6, 6.07) is 13.6. The lowest BCUT2D eigenvalue weighted by Gasteiger charge is -2.05. The molecule has 1 aromatic carbocycles. The Labute approximate surface area is 138 Å². The molecule has 0 bridgehead atoms. The quantitative estimate of drug-likeness (QED) is 0.551. The van der Waals surface area contributed by atoms with Crippen molar-refractivity contribution in [3.8, 4) is 17.3 Å². The molecule has 6 nitrogen and oxygen atoms in total. The fourth-order valence-electron chi connectivity index (χ4n) is 2.63. The first-order valence-electron chi connectivity index (χ1n) is 8.02. The average molecular weight is 322 g/mol. The third-order valence-corrected chi connectivity index (χ3v) is 3.86. The number of benzene rings is 1. The smallest absolute Gasteiger partial charge is 0.231 e. The van der Waals surface area contributed by atoms with Gasteiger partial charge in [-0.2, -0.15) is 0 Å². The Morgan fingerprint density at radius 2 is 2.04 bits per heavy atom. The first-order valence-corrected chi connectivity index (χ1v) is 8.02. The van der Waals surface area contributed by atoms with Crippen LogP contribution in [0, 0.1) is 0 Å². The number of imidazole rings is 1. The maximum Gasteiger partial charge on any atom is 0.231 e. The van der Waals surface area contributed by atoms with Gasteiger partial charge in [0.05, 0.1) is 12.8 Å². The van der Waals surface area contributed by atoms with Crippen LogP contribution in [0.15, 0.2) is 53.1 Å². The highest BCUT2D eigenvalue weighted by molar-refractivity contribution is 5.82. The van der Waals surface area contributed by atoms with Crippen LogP contribution in [0.5, 0.6) is 5.88 Å². The Kier molecular flexibility index (Phi) is 3.88. The van der Waals surface area contributed by atoms with E-state index in [1.165, 1.54) is 0 Å². The average Bonchev–Trinajstić information content (AvgIpc) is 3.21. The minimum atomic E-state index is 0.565. The minimum Gasteiger partial charge on any atom is -0.477 e. The molecule has 4 rings (SSSR count). The Hall–Kier alpha value is -2.86. The van der Waals surface area contributed by atoms with Crippen molar-refractivity contribution in [2.24, 2.45) is 5.73 Å². The molecule has 0 aliphatic rings. The van der Waals surface area contributed by atoms with Crippen molar-refractivity contribution in [3.63, 3.8) is 0 Å². The van der Waals surface area contributed by atoms with Gasteiger partial charge in [0.15, 0.2) is 11.4 Å². The molecule has 0 spiro atoms. The Bertz CT molecular complexity index is 940. The van der Waals surface area contributed by atoms with Crippen molar-refractivity contribution < 1.29 is 9.15 Å². The second kappa shape index (κ2) is 6.33. The van der Waals surface area contributed by atoms with Gasteiger partial charge in [-0.3, -0.25) is 0 Å². The van der Waals surface area contributed by atoms with Crippen molar-refractivity contribution >= 4 is 16.6 Å². The number of para-hydroxylation sites is 1. The van der Waals surface area contributed by atoms with Crippen LogP contribution in [0.4, 0.5) is 0 Å². The minimum absolute atomic E-state index is 0.565. The summed E-state index contributed by atoms with van der Waals surface area (Å²) in [5, 5.41) is 5.57. The summed E-state index contributed by atoms with van der Waals surface area (Å²) >= 11 is 0. The summed E-state index contributed by atoms with van der Waals surface area (Å²) in [4.78, 5) is 4.38. The molecule has 0 radical (unpaired) electrons. The van der Waals surface area contributed by atoms with Gasteiger partial charge >= 0.3 is 0 Å². The number of unbranched alkanes of at least 4 members (excludes halogenated alkanes) is 1. The molecule has 24 heavy (non-hydrogen) atoms. The lowest BCUT2D eigenvalue weighted by atomic mass is 10.2. The van der Waals surface area contributed by atoms with Crippen molar-refractivity contribution in [1.29, 1.82) is 0 Å². The molecule has 0 saturated heterocycles. The zero-order valence-corrected chi connectivity index (χ0v) is 13.2. The molecule has 0 aliphatic carbocycles. The molecule has 6 heteroatoms. The van der Waals surface area contributed by atoms with Gasteiger partial charge in [0.2, 0.25) is 5.88 Å². The van der Waals surface area contributed by atoms with Gasteiger partial charge in [-0.1, -0.05) is 18.2 Å². The van der Waals surface area contributed by atoms with Gasteiger partial charge in [-0.25, -0.2) is 9.50 Å². The van der Waals surface area contributed by atoms with Gasteiger partial charge in [-0.05, 0) is 37.6 Å². The molecule has 0 aliphatic heterocycles. The molecular weight excluding hydrogens is 304 g/mol. The predicted octanol–water partition coefficient (Wildman–Crippen LogP) is 3.26. The zero-order valence-electron chi connectivity index (χ0n) is 13.2. The van der Waals surface area contributed by atoms with Crippen molar-refractivity contribution in [2.45, 2.75) is 12.8 Å². The van der Waals surface area contributed by atoms with E-state index in [-0.39, 0.29) is 0 Å². The number of aromatic nitrogens is 3. The number of nitrogens with zero attached hydrogens (tertiary/aromatic N) is 3. The highest BCUT2D eigenvalue weighted by atomic mass is 16.5. The van der Waals surface area contributed by atoms with E-state index in [0.29, 0.717) is 19.0 Å². The van der Waals surface area contributed by atoms with Crippen LogP contribution in [-0.2, 0) is 0 Å². The maximum absolute atomic E-state index is 5.92. The topological polar surface area (TPSA) is 78.6 Å². The highest BCUT2D eigenvalue weighted by Gasteiger charge is 2.13. The summed E-state index contributed by atoms with van der Waals surface area (Å²) in [5.74, 6) is 1.30. The van der Waals surface area contributed by atoms with E-state index < -0.39 is 0 Å². The van der Waals surface area contributed by atoms with Crippen LogP contribution in [0.25, 0.3) is 28.1 Å². The Morgan fingerprint density at radius 1 is 1.12 bits per heavy atom. The number of nitrogens with two attached hydrogens (primary N) is 1. The Morgan fingerprint density at radius 3 is 2.92 bits per heavy atom. The molecule has 4 aromatic rings. The lowest BCUT2D eigenvalue weighted by molar-refractivity contribution is 0.292. The van der Waals surface area contributed by atoms with E-state index >= 15 is 0 Å². The molecular formula is C18H18N4O2. The van der Waals surface area contributed by atoms with Crippen LogP contribution in [-0.4, -0.2) is 27.7 Å². The van der Waals surface area contributed by atoms with Crippen LogP contribution < -0.4 is 10.5 Å². The van der Waals surface area contributed by atoms with Gasteiger partial charge in [0, 0.05) is 11.5 Å². The molecule has 122 valence electrons. The summed E-state index contributed by atoms with van der Waals surface area (Å²) in [5.41, 5.74) is 7.88. The third-order valence-electron chi connectivity index (χ3n) is 3.86. The van der Waals surface area contributed by atoms with E-state index in [9.17, 15) is 0 Å². The van der Waals surface area contributed by atoms with Crippen LogP contribution in [0.2, 0.25) is 0 Å². The van der Waals surface area contributed by atoms with Gasteiger partial charge in [-0.15, -0.1) is 5.10 Å². The summed E-state index contributed by atoms with van der Waals surface area (Å²) in [6.45, 7) is 1.28. The van der Waals surface area contributed by atoms with Crippen molar-refractivity contribution in [2.75, 3.05) is 13.2 Å². The van der Waals surface area contributed by atoms with E-state index in [2.05, 4.69) is 10.1 Å². The number of furan rings is 1. The molecule has 2 N–H and O–H groups in total. The first kappa shape index (κ1) is 14.7. The van der Waals surface area contributed by atoms with Crippen LogP contribution in [0.3, 0.4) is 0 Å². The second-order valence-corrected chi connectivity index (χ2v) is 5.58. The number of fused-ring (bicyclic) bond motifs is 2. The van der Waals surface area contributed by atoms with E-state index in [1.807, 2.05) is 42.5 Å². The van der Waals surface area contributed by atoms with Gasteiger partial charge < -0.3 is 14.9 Å². The molecule has 3 heterocycles. The molecule has 0 amide bonds. The molecule has 3 aromatic heterocycles. The van der Waals surface area contributed by atoms with Crippen molar-refractivity contribution in [1.82, 2.24) is 14.6 Å². The van der Waals surface area contributed by atoms with Crippen LogP contribution in [0.1, 0.15) is 12.8 Å². The largest absolute Gasteiger partial charge is 0.477 e. The lowest BCUT2D eigenvalue weighted by Crippen LogP contribution is -2.05. The molecule has 0 atom stereocenters. The summed E-state index contributed by atoms with van der Waals surface area (Å²) in [6.07, 6.45) is 3.62. The van der Waals surface area contributed by atoms with E-state index in [1.54, 1.807) is 10.7 Å². The maximum atomic E-state index is 5.92. The fourth-order valence-corrected chi connectivity index (χ4v) is 2.63. The number of rotatable bonds is 6. The monoisotopic (exact) mass is 322 g/mol. The van der Waals surface area contributed by atoms with E-state index in [0.717, 1.165) is 40.9 Å². The number of hydrogen-bond acceptors (Lipinski definition) is 5. The molecule has 0 unspecified atom stereocenters. The van der Waals surface area contributed by atoms with Crippen LogP contribution >= 0.6 is 0 Å². The van der Waals surface area contributed by atoms with Gasteiger partial charge in [0.25, 0.3) is 0 Å². The molecule has 0 saturated carbocycles. The fraction of sp³-hybridized carbons (Fsp3) is 0.222. The Balaban J connectivity index is 1.67. The normalized spacial score (nSPS) is 11.4. The third kappa shape index (κ3) is 2.72. The second-order valence-electron chi connectivity index (χ2n) is 5.58. The SMILES string of the molecule is NCCCCOc1ccc2ncc(-c3cc4ccccc4o3)n2n1. The number of hydrogen-bond donors (Lipinski definition) is 1. The zero-order chi connectivity index (χ0) is 16.4. The standard InChI is InChI=1S/C18H18N4O2/c19-9-3-4-10-23-18-8-7-17-20-12-14(22(17)21-18)16-11-13-5-1-2-6-15(13)24-16/h1-2,5-8,11-12H,3-4,9-10,19H2. The summed E-state index contributed by atoms with van der Waals surface area (Å²) < 4.78 is 13.4. The van der Waals surface area contributed by atoms with Crippen molar-refractivity contribution in [3.05, 3.63) is 48.7 Å². The molecule has 0 fully saturated rings. The first-order chi connectivity index (χ1) is 11.8. The highest BCUT2D eigenvalue weighted by Crippen LogP contribution is 2.28.